The molecule has 0 saturated heterocycles. The van der Waals surface area contributed by atoms with Crippen LogP contribution in [0.5, 0.6) is 0 Å². The van der Waals surface area contributed by atoms with Gasteiger partial charge in [-0.05, 0) is 47.2 Å². The molecule has 5 nitrogen and oxygen atoms in total. The molecule has 1 saturated carbocycles. The monoisotopic (exact) mass is 389 g/mol. The molecule has 3 heterocycles. The lowest BCUT2D eigenvalue weighted by Gasteiger charge is -2.21. The maximum absolute atomic E-state index is 4.88. The summed E-state index contributed by atoms with van der Waals surface area (Å²) >= 11 is 3.51. The van der Waals surface area contributed by atoms with E-state index in [4.69, 9.17) is 4.98 Å². The summed E-state index contributed by atoms with van der Waals surface area (Å²) in [6.45, 7) is 7.32. The van der Waals surface area contributed by atoms with Crippen molar-refractivity contribution >= 4 is 27.1 Å². The highest BCUT2D eigenvalue weighted by Gasteiger charge is 2.30. The molecule has 2 aromatic rings. The SMILES string of the molecule is CC(C)CCn1c(CN2C=CN(C3CC3)C2)nc2cc(Br)cnc21. The van der Waals surface area contributed by atoms with E-state index in [1.54, 1.807) is 0 Å². The second-order valence-electron chi connectivity index (χ2n) is 7.29. The zero-order chi connectivity index (χ0) is 16.7. The van der Waals surface area contributed by atoms with Crippen LogP contribution in [0.4, 0.5) is 0 Å². The molecule has 2 aromatic heterocycles. The molecule has 6 heteroatoms. The van der Waals surface area contributed by atoms with E-state index < -0.39 is 0 Å². The molecule has 0 atom stereocenters. The van der Waals surface area contributed by atoms with Gasteiger partial charge >= 0.3 is 0 Å². The van der Waals surface area contributed by atoms with E-state index in [-0.39, 0.29) is 0 Å². The zero-order valence-electron chi connectivity index (χ0n) is 14.3. The number of nitrogens with zero attached hydrogens (tertiary/aromatic N) is 5. The van der Waals surface area contributed by atoms with Gasteiger partial charge < -0.3 is 14.4 Å². The number of fused-ring (bicyclic) bond motifs is 1. The normalized spacial score (nSPS) is 17.7. The molecule has 2 aliphatic rings. The Kier molecular flexibility index (Phi) is 4.24. The van der Waals surface area contributed by atoms with Crippen LogP contribution in [-0.4, -0.2) is 37.0 Å². The fourth-order valence-electron chi connectivity index (χ4n) is 3.19. The molecule has 0 amide bonds. The number of halogens is 1. The first-order chi connectivity index (χ1) is 11.6. The molecule has 128 valence electrons. The molecule has 1 aliphatic carbocycles. The van der Waals surface area contributed by atoms with Gasteiger partial charge in [0.15, 0.2) is 5.65 Å². The van der Waals surface area contributed by atoms with E-state index in [1.807, 2.05) is 6.20 Å². The van der Waals surface area contributed by atoms with Gasteiger partial charge in [-0.2, -0.15) is 0 Å². The first-order valence-corrected chi connectivity index (χ1v) is 9.58. The van der Waals surface area contributed by atoms with Crippen molar-refractivity contribution in [2.75, 3.05) is 6.67 Å². The average molecular weight is 390 g/mol. The molecular formula is C18H24BrN5. The fourth-order valence-corrected chi connectivity index (χ4v) is 3.51. The Morgan fingerprint density at radius 2 is 2.12 bits per heavy atom. The van der Waals surface area contributed by atoms with Crippen LogP contribution in [0, 0.1) is 5.92 Å². The minimum absolute atomic E-state index is 0.669. The van der Waals surface area contributed by atoms with Crippen LogP contribution < -0.4 is 0 Å². The van der Waals surface area contributed by atoms with Crippen LogP contribution in [0.3, 0.4) is 0 Å². The largest absolute Gasteiger partial charge is 0.356 e. The highest BCUT2D eigenvalue weighted by atomic mass is 79.9. The number of imidazole rings is 1. The molecule has 1 fully saturated rings. The molecular weight excluding hydrogens is 366 g/mol. The lowest BCUT2D eigenvalue weighted by atomic mass is 10.1. The fraction of sp³-hybridized carbons (Fsp3) is 0.556. The topological polar surface area (TPSA) is 37.2 Å². The number of hydrogen-bond acceptors (Lipinski definition) is 4. The minimum atomic E-state index is 0.669. The van der Waals surface area contributed by atoms with Crippen molar-refractivity contribution in [3.63, 3.8) is 0 Å². The quantitative estimate of drug-likeness (QED) is 0.749. The van der Waals surface area contributed by atoms with E-state index in [0.29, 0.717) is 5.92 Å². The van der Waals surface area contributed by atoms with Crippen LogP contribution in [-0.2, 0) is 13.1 Å². The number of rotatable bonds is 6. The molecule has 0 aromatic carbocycles. The standard InChI is InChI=1S/C18H24BrN5/c1-13(2)5-6-24-17(21-16-9-14(19)10-20-18(16)24)11-22-7-8-23(12-22)15-3-4-15/h7-10,13,15H,3-6,11-12H2,1-2H3. The summed E-state index contributed by atoms with van der Waals surface area (Å²) in [7, 11) is 0. The van der Waals surface area contributed by atoms with Gasteiger partial charge in [0, 0.05) is 35.7 Å². The molecule has 24 heavy (non-hydrogen) atoms. The van der Waals surface area contributed by atoms with Crippen molar-refractivity contribution < 1.29 is 0 Å². The Morgan fingerprint density at radius 3 is 2.88 bits per heavy atom. The summed E-state index contributed by atoms with van der Waals surface area (Å²) in [5, 5.41) is 0. The van der Waals surface area contributed by atoms with E-state index in [2.05, 4.69) is 67.6 Å². The third kappa shape index (κ3) is 3.29. The van der Waals surface area contributed by atoms with Crippen molar-refractivity contribution in [3.05, 3.63) is 35.0 Å². The lowest BCUT2D eigenvalue weighted by Crippen LogP contribution is -2.27. The first-order valence-electron chi connectivity index (χ1n) is 8.79. The third-order valence-electron chi connectivity index (χ3n) is 4.73. The van der Waals surface area contributed by atoms with Crippen molar-refractivity contribution in [1.29, 1.82) is 0 Å². The summed E-state index contributed by atoms with van der Waals surface area (Å²) in [4.78, 5) is 14.3. The predicted octanol–water partition coefficient (Wildman–Crippen LogP) is 3.95. The summed E-state index contributed by atoms with van der Waals surface area (Å²) in [5.41, 5.74) is 1.97. The van der Waals surface area contributed by atoms with E-state index in [9.17, 15) is 0 Å². The third-order valence-corrected chi connectivity index (χ3v) is 5.17. The number of aromatic nitrogens is 3. The lowest BCUT2D eigenvalue weighted by molar-refractivity contribution is 0.247. The van der Waals surface area contributed by atoms with E-state index >= 15 is 0 Å². The van der Waals surface area contributed by atoms with Gasteiger partial charge in [-0.15, -0.1) is 0 Å². The second kappa shape index (κ2) is 6.39. The van der Waals surface area contributed by atoms with Gasteiger partial charge in [-0.3, -0.25) is 0 Å². The molecule has 0 unspecified atom stereocenters. The van der Waals surface area contributed by atoms with Crippen molar-refractivity contribution in [1.82, 2.24) is 24.3 Å². The zero-order valence-corrected chi connectivity index (χ0v) is 15.9. The first kappa shape index (κ1) is 15.9. The van der Waals surface area contributed by atoms with Gasteiger partial charge in [0.05, 0.1) is 13.2 Å². The molecule has 1 aliphatic heterocycles. The van der Waals surface area contributed by atoms with Crippen LogP contribution in [0.15, 0.2) is 29.1 Å². The molecule has 0 N–H and O–H groups in total. The van der Waals surface area contributed by atoms with Crippen LogP contribution in [0.1, 0.15) is 38.9 Å². The van der Waals surface area contributed by atoms with Gasteiger partial charge in [0.2, 0.25) is 0 Å². The molecule has 0 bridgehead atoms. The Labute approximate surface area is 151 Å². The van der Waals surface area contributed by atoms with Crippen LogP contribution >= 0.6 is 15.9 Å². The maximum Gasteiger partial charge on any atom is 0.160 e. The van der Waals surface area contributed by atoms with Gasteiger partial charge in [0.1, 0.15) is 11.3 Å². The van der Waals surface area contributed by atoms with E-state index in [0.717, 1.165) is 53.7 Å². The highest BCUT2D eigenvalue weighted by molar-refractivity contribution is 9.10. The second-order valence-corrected chi connectivity index (χ2v) is 8.21. The van der Waals surface area contributed by atoms with Gasteiger partial charge in [-0.1, -0.05) is 13.8 Å². The van der Waals surface area contributed by atoms with Crippen molar-refractivity contribution in [2.45, 2.75) is 52.2 Å². The maximum atomic E-state index is 4.88. The number of aryl methyl sites for hydroxylation is 1. The van der Waals surface area contributed by atoms with E-state index in [1.165, 1.54) is 12.8 Å². The smallest absolute Gasteiger partial charge is 0.160 e. The van der Waals surface area contributed by atoms with Crippen molar-refractivity contribution in [2.24, 2.45) is 5.92 Å². The summed E-state index contributed by atoms with van der Waals surface area (Å²) in [5.74, 6) is 1.78. The summed E-state index contributed by atoms with van der Waals surface area (Å²) < 4.78 is 3.28. The number of pyridine rings is 1. The summed E-state index contributed by atoms with van der Waals surface area (Å²) in [6, 6.07) is 2.83. The van der Waals surface area contributed by atoms with Gasteiger partial charge in [0.25, 0.3) is 0 Å². The van der Waals surface area contributed by atoms with Crippen molar-refractivity contribution in [3.8, 4) is 0 Å². The van der Waals surface area contributed by atoms with Crippen LogP contribution in [0.25, 0.3) is 11.2 Å². The van der Waals surface area contributed by atoms with Crippen LogP contribution in [0.2, 0.25) is 0 Å². The Bertz CT molecular complexity index is 762. The Morgan fingerprint density at radius 1 is 1.29 bits per heavy atom. The number of hydrogen-bond donors (Lipinski definition) is 0. The molecule has 0 radical (unpaired) electrons. The highest BCUT2D eigenvalue weighted by Crippen LogP contribution is 2.30. The summed E-state index contributed by atoms with van der Waals surface area (Å²) in [6.07, 6.45) is 10.1. The van der Waals surface area contributed by atoms with Gasteiger partial charge in [-0.25, -0.2) is 9.97 Å². The Balaban J connectivity index is 1.58. The molecule has 0 spiro atoms. The minimum Gasteiger partial charge on any atom is -0.356 e. The average Bonchev–Trinajstić information content (AvgIpc) is 3.19. The molecule has 4 rings (SSSR count). The Hall–Kier alpha value is -1.56. The predicted molar refractivity (Wildman–Crippen MR) is 99.1 cm³/mol.